The third-order valence-corrected chi connectivity index (χ3v) is 2.63. The lowest BCUT2D eigenvalue weighted by molar-refractivity contribution is -0.122. The monoisotopic (exact) mass is 251 g/mol. The third kappa shape index (κ3) is 4.75. The van der Waals surface area contributed by atoms with Crippen LogP contribution in [0.3, 0.4) is 0 Å². The van der Waals surface area contributed by atoms with Gasteiger partial charge in [0.25, 0.3) is 0 Å². The van der Waals surface area contributed by atoms with E-state index in [4.69, 9.17) is 9.84 Å². The molecule has 1 rings (SSSR count). The van der Waals surface area contributed by atoms with Crippen LogP contribution in [-0.4, -0.2) is 24.2 Å². The second-order valence-electron chi connectivity index (χ2n) is 4.12. The Morgan fingerprint density at radius 1 is 1.39 bits per heavy atom. The molecule has 0 heterocycles. The first-order valence-corrected chi connectivity index (χ1v) is 6.30. The van der Waals surface area contributed by atoms with E-state index in [1.54, 1.807) is 0 Å². The van der Waals surface area contributed by atoms with Crippen LogP contribution in [-0.2, 0) is 4.79 Å². The molecule has 2 N–H and O–H groups in total. The van der Waals surface area contributed by atoms with Gasteiger partial charge in [-0.25, -0.2) is 0 Å². The highest BCUT2D eigenvalue weighted by atomic mass is 16.5. The summed E-state index contributed by atoms with van der Waals surface area (Å²) in [6.07, 6.45) is 0.861. The molecule has 1 unspecified atom stereocenters. The van der Waals surface area contributed by atoms with Gasteiger partial charge in [0.2, 0.25) is 5.91 Å². The Morgan fingerprint density at radius 2 is 2.06 bits per heavy atom. The minimum atomic E-state index is -0.0366. The fraction of sp³-hybridized carbons (Fsp3) is 0.500. The van der Waals surface area contributed by atoms with Crippen molar-refractivity contribution in [3.05, 3.63) is 29.8 Å². The lowest BCUT2D eigenvalue weighted by atomic mass is 10.1. The van der Waals surface area contributed by atoms with E-state index < -0.39 is 0 Å². The summed E-state index contributed by atoms with van der Waals surface area (Å²) in [6.45, 7) is 4.57. The van der Waals surface area contributed by atoms with Crippen molar-refractivity contribution in [1.82, 2.24) is 5.32 Å². The van der Waals surface area contributed by atoms with Crippen LogP contribution in [0.4, 0.5) is 0 Å². The molecule has 0 fully saturated rings. The summed E-state index contributed by atoms with van der Waals surface area (Å²) in [5.74, 6) is 0.797. The number of amides is 1. The molecule has 0 spiro atoms. The number of ether oxygens (including phenoxy) is 1. The molecule has 1 atom stereocenters. The van der Waals surface area contributed by atoms with Gasteiger partial charge in [0.1, 0.15) is 5.75 Å². The Morgan fingerprint density at radius 3 is 2.61 bits per heavy atom. The first kappa shape index (κ1) is 14.5. The third-order valence-electron chi connectivity index (χ3n) is 2.63. The van der Waals surface area contributed by atoms with E-state index in [0.717, 1.165) is 11.3 Å². The van der Waals surface area contributed by atoms with Crippen LogP contribution in [0.25, 0.3) is 0 Å². The van der Waals surface area contributed by atoms with E-state index >= 15 is 0 Å². The van der Waals surface area contributed by atoms with Crippen LogP contribution in [0.1, 0.15) is 38.3 Å². The summed E-state index contributed by atoms with van der Waals surface area (Å²) < 4.78 is 5.36. The van der Waals surface area contributed by atoms with E-state index in [-0.39, 0.29) is 18.6 Å². The van der Waals surface area contributed by atoms with Crippen LogP contribution >= 0.6 is 0 Å². The molecule has 0 aliphatic carbocycles. The fourth-order valence-corrected chi connectivity index (χ4v) is 1.66. The number of aliphatic hydroxyl groups excluding tert-OH is 1. The van der Waals surface area contributed by atoms with Crippen LogP contribution in [0.15, 0.2) is 24.3 Å². The Balaban J connectivity index is 2.50. The molecule has 4 nitrogen and oxygen atoms in total. The molecule has 0 bridgehead atoms. The number of carbonyl (C=O) groups is 1. The molecule has 0 saturated carbocycles. The van der Waals surface area contributed by atoms with Crippen LogP contribution in [0, 0.1) is 0 Å². The second kappa shape index (κ2) is 7.71. The Kier molecular flexibility index (Phi) is 6.22. The summed E-state index contributed by atoms with van der Waals surface area (Å²) in [5, 5.41) is 11.5. The maximum absolute atomic E-state index is 11.5. The van der Waals surface area contributed by atoms with E-state index in [0.29, 0.717) is 19.4 Å². The maximum Gasteiger partial charge on any atom is 0.220 e. The summed E-state index contributed by atoms with van der Waals surface area (Å²) in [5.41, 5.74) is 1.04. The number of hydrogen-bond acceptors (Lipinski definition) is 3. The number of benzene rings is 1. The summed E-state index contributed by atoms with van der Waals surface area (Å²) in [6, 6.07) is 7.65. The molecule has 0 radical (unpaired) electrons. The van der Waals surface area contributed by atoms with Crippen molar-refractivity contribution in [2.75, 3.05) is 13.2 Å². The van der Waals surface area contributed by atoms with Crippen LogP contribution in [0.2, 0.25) is 0 Å². The lowest BCUT2D eigenvalue weighted by Gasteiger charge is -2.14. The summed E-state index contributed by atoms with van der Waals surface area (Å²) in [4.78, 5) is 11.5. The van der Waals surface area contributed by atoms with Gasteiger partial charge in [-0.2, -0.15) is 0 Å². The molecule has 1 aromatic carbocycles. The van der Waals surface area contributed by atoms with Crippen molar-refractivity contribution >= 4 is 5.91 Å². The van der Waals surface area contributed by atoms with Crippen molar-refractivity contribution in [2.45, 2.75) is 32.7 Å². The van der Waals surface area contributed by atoms with E-state index in [1.807, 2.05) is 38.1 Å². The Labute approximate surface area is 108 Å². The molecule has 18 heavy (non-hydrogen) atoms. The molecular weight excluding hydrogens is 230 g/mol. The van der Waals surface area contributed by atoms with Gasteiger partial charge >= 0.3 is 0 Å². The molecule has 0 saturated heterocycles. The first-order valence-electron chi connectivity index (χ1n) is 6.30. The van der Waals surface area contributed by atoms with Gasteiger partial charge in [-0.15, -0.1) is 0 Å². The van der Waals surface area contributed by atoms with E-state index in [1.165, 1.54) is 0 Å². The van der Waals surface area contributed by atoms with Crippen molar-refractivity contribution < 1.29 is 14.6 Å². The summed E-state index contributed by atoms with van der Waals surface area (Å²) >= 11 is 0. The van der Waals surface area contributed by atoms with E-state index in [2.05, 4.69) is 5.32 Å². The van der Waals surface area contributed by atoms with Gasteiger partial charge in [0, 0.05) is 13.0 Å². The topological polar surface area (TPSA) is 58.6 Å². The molecule has 1 aromatic rings. The first-order chi connectivity index (χ1) is 8.67. The molecule has 1 amide bonds. The van der Waals surface area contributed by atoms with Crippen molar-refractivity contribution in [1.29, 1.82) is 0 Å². The Hall–Kier alpha value is -1.55. The van der Waals surface area contributed by atoms with Gasteiger partial charge in [-0.3, -0.25) is 4.79 Å². The number of hydrogen-bond donors (Lipinski definition) is 2. The summed E-state index contributed by atoms with van der Waals surface area (Å²) in [7, 11) is 0. The average Bonchev–Trinajstić information content (AvgIpc) is 2.37. The minimum absolute atomic E-state index is 0.0353. The number of nitrogens with one attached hydrogen (secondary N) is 1. The number of rotatable bonds is 7. The molecule has 0 aliphatic heterocycles. The highest BCUT2D eigenvalue weighted by Gasteiger charge is 2.09. The Bertz CT molecular complexity index is 362. The lowest BCUT2D eigenvalue weighted by Crippen LogP contribution is -2.26. The highest BCUT2D eigenvalue weighted by molar-refractivity contribution is 5.76. The zero-order valence-corrected chi connectivity index (χ0v) is 11.0. The predicted octanol–water partition coefficient (Wildman–Crippen LogP) is 2.03. The van der Waals surface area contributed by atoms with Gasteiger partial charge in [-0.05, 0) is 38.0 Å². The number of carbonyl (C=O) groups excluding carboxylic acids is 1. The van der Waals surface area contributed by atoms with Gasteiger partial charge in [0.05, 0.1) is 12.6 Å². The zero-order valence-electron chi connectivity index (χ0n) is 11.0. The van der Waals surface area contributed by atoms with Crippen molar-refractivity contribution in [3.8, 4) is 5.75 Å². The van der Waals surface area contributed by atoms with Crippen molar-refractivity contribution in [2.24, 2.45) is 0 Å². The second-order valence-corrected chi connectivity index (χ2v) is 4.12. The zero-order chi connectivity index (χ0) is 13.4. The molecule has 4 heteroatoms. The number of aliphatic hydroxyl groups is 1. The molecule has 100 valence electrons. The van der Waals surface area contributed by atoms with Gasteiger partial charge in [-0.1, -0.05) is 12.1 Å². The van der Waals surface area contributed by atoms with Crippen LogP contribution < -0.4 is 10.1 Å². The van der Waals surface area contributed by atoms with Crippen molar-refractivity contribution in [3.63, 3.8) is 0 Å². The largest absolute Gasteiger partial charge is 0.494 e. The molecule has 0 aliphatic rings. The SMILES string of the molecule is CCOc1ccc(C(C)NC(=O)CCCO)cc1. The van der Waals surface area contributed by atoms with Crippen LogP contribution in [0.5, 0.6) is 5.75 Å². The fourth-order valence-electron chi connectivity index (χ4n) is 1.66. The highest BCUT2D eigenvalue weighted by Crippen LogP contribution is 2.17. The molecular formula is C14H21NO3. The quantitative estimate of drug-likeness (QED) is 0.779. The van der Waals surface area contributed by atoms with Gasteiger partial charge in [0.15, 0.2) is 0 Å². The smallest absolute Gasteiger partial charge is 0.220 e. The van der Waals surface area contributed by atoms with E-state index in [9.17, 15) is 4.79 Å². The predicted molar refractivity (Wildman–Crippen MR) is 70.5 cm³/mol. The van der Waals surface area contributed by atoms with Gasteiger partial charge < -0.3 is 15.2 Å². The standard InChI is InChI=1S/C14H21NO3/c1-3-18-13-8-6-12(7-9-13)11(2)15-14(17)5-4-10-16/h6-9,11,16H,3-5,10H2,1-2H3,(H,15,17). The molecule has 0 aromatic heterocycles. The average molecular weight is 251 g/mol. The maximum atomic E-state index is 11.5. The minimum Gasteiger partial charge on any atom is -0.494 e. The normalized spacial score (nSPS) is 11.9.